The summed E-state index contributed by atoms with van der Waals surface area (Å²) in [7, 11) is 3.20. The van der Waals surface area contributed by atoms with Gasteiger partial charge in [0.15, 0.2) is 0 Å². The molecule has 1 saturated heterocycles. The molecule has 0 bridgehead atoms. The number of hydrogen-bond donors (Lipinski definition) is 2. The fourth-order valence-electron chi connectivity index (χ4n) is 3.80. The standard InChI is InChI=1S/C21H29N3O4/c1-21(2,26)13-14-7-9-24(10-8-14)20(25)18-12-17(22-23-18)16-11-15(27-3)5-6-19(16)28-4/h5-6,11-12,14,26H,7-10,13H2,1-4H3,(H,22,23). The molecule has 3 rings (SSSR count). The Morgan fingerprint density at radius 2 is 1.96 bits per heavy atom. The van der Waals surface area contributed by atoms with E-state index in [2.05, 4.69) is 10.2 Å². The summed E-state index contributed by atoms with van der Waals surface area (Å²) in [4.78, 5) is 14.7. The Morgan fingerprint density at radius 1 is 1.25 bits per heavy atom. The maximum absolute atomic E-state index is 12.9. The monoisotopic (exact) mass is 387 g/mol. The van der Waals surface area contributed by atoms with Crippen molar-refractivity contribution in [2.24, 2.45) is 5.92 Å². The van der Waals surface area contributed by atoms with Crippen molar-refractivity contribution in [3.63, 3.8) is 0 Å². The van der Waals surface area contributed by atoms with E-state index in [1.165, 1.54) is 0 Å². The smallest absolute Gasteiger partial charge is 0.271 e. The number of H-pyrrole nitrogens is 1. The minimum absolute atomic E-state index is 0.0534. The van der Waals surface area contributed by atoms with Gasteiger partial charge in [-0.1, -0.05) is 0 Å². The van der Waals surface area contributed by atoms with Gasteiger partial charge in [0, 0.05) is 18.7 Å². The molecule has 0 saturated carbocycles. The lowest BCUT2D eigenvalue weighted by Crippen LogP contribution is -2.40. The fraction of sp³-hybridized carbons (Fsp3) is 0.524. The molecule has 0 atom stereocenters. The van der Waals surface area contributed by atoms with Gasteiger partial charge in [0.2, 0.25) is 0 Å². The van der Waals surface area contributed by atoms with Crippen molar-refractivity contribution in [3.05, 3.63) is 30.0 Å². The topological polar surface area (TPSA) is 87.7 Å². The number of piperidine rings is 1. The van der Waals surface area contributed by atoms with Crippen molar-refractivity contribution < 1.29 is 19.4 Å². The molecule has 1 aliphatic rings. The molecule has 2 heterocycles. The lowest BCUT2D eigenvalue weighted by atomic mass is 9.86. The van der Waals surface area contributed by atoms with E-state index in [0.717, 1.165) is 24.8 Å². The third-order valence-corrected chi connectivity index (χ3v) is 5.18. The van der Waals surface area contributed by atoms with Crippen LogP contribution < -0.4 is 9.47 Å². The normalized spacial score (nSPS) is 15.5. The number of carbonyl (C=O) groups is 1. The van der Waals surface area contributed by atoms with E-state index in [0.29, 0.717) is 41.9 Å². The molecular weight excluding hydrogens is 358 g/mol. The van der Waals surface area contributed by atoms with Crippen LogP contribution in [0, 0.1) is 5.92 Å². The first-order valence-corrected chi connectivity index (χ1v) is 9.60. The number of hydrogen-bond acceptors (Lipinski definition) is 5. The minimum Gasteiger partial charge on any atom is -0.497 e. The Labute approximate surface area is 165 Å². The fourth-order valence-corrected chi connectivity index (χ4v) is 3.80. The summed E-state index contributed by atoms with van der Waals surface area (Å²) in [6.07, 6.45) is 2.57. The van der Waals surface area contributed by atoms with Crippen LogP contribution in [0.2, 0.25) is 0 Å². The summed E-state index contributed by atoms with van der Waals surface area (Å²) in [5.74, 6) is 1.75. The van der Waals surface area contributed by atoms with Gasteiger partial charge in [-0.05, 0) is 63.3 Å². The molecule has 1 aromatic heterocycles. The molecule has 2 N–H and O–H groups in total. The van der Waals surface area contributed by atoms with E-state index in [-0.39, 0.29) is 5.91 Å². The van der Waals surface area contributed by atoms with Gasteiger partial charge in [0.05, 0.1) is 25.5 Å². The molecule has 0 spiro atoms. The number of methoxy groups -OCH3 is 2. The predicted octanol–water partition coefficient (Wildman–Crippen LogP) is 3.11. The van der Waals surface area contributed by atoms with E-state index >= 15 is 0 Å². The highest BCUT2D eigenvalue weighted by molar-refractivity contribution is 5.93. The molecule has 0 aliphatic carbocycles. The van der Waals surface area contributed by atoms with Crippen LogP contribution in [-0.4, -0.2) is 59.0 Å². The van der Waals surface area contributed by atoms with E-state index in [1.807, 2.05) is 36.9 Å². The van der Waals surface area contributed by atoms with Gasteiger partial charge in [-0.25, -0.2) is 0 Å². The summed E-state index contributed by atoms with van der Waals surface area (Å²) in [5, 5.41) is 17.2. The Balaban J connectivity index is 1.70. The molecule has 1 fully saturated rings. The second-order valence-electron chi connectivity index (χ2n) is 7.99. The lowest BCUT2D eigenvalue weighted by Gasteiger charge is -2.34. The van der Waals surface area contributed by atoms with E-state index < -0.39 is 5.60 Å². The van der Waals surface area contributed by atoms with E-state index in [1.54, 1.807) is 20.3 Å². The highest BCUT2D eigenvalue weighted by atomic mass is 16.5. The quantitative estimate of drug-likeness (QED) is 0.795. The van der Waals surface area contributed by atoms with Crippen LogP contribution in [0.5, 0.6) is 11.5 Å². The zero-order valence-electron chi connectivity index (χ0n) is 17.0. The average molecular weight is 387 g/mol. The van der Waals surface area contributed by atoms with Crippen molar-refractivity contribution in [1.82, 2.24) is 15.1 Å². The zero-order valence-corrected chi connectivity index (χ0v) is 17.0. The van der Waals surface area contributed by atoms with E-state index in [9.17, 15) is 9.90 Å². The van der Waals surface area contributed by atoms with E-state index in [4.69, 9.17) is 9.47 Å². The molecule has 0 radical (unpaired) electrons. The number of amides is 1. The Kier molecular flexibility index (Phi) is 5.93. The minimum atomic E-state index is -0.662. The summed E-state index contributed by atoms with van der Waals surface area (Å²) in [5.41, 5.74) is 1.20. The number of benzene rings is 1. The predicted molar refractivity (Wildman–Crippen MR) is 107 cm³/mol. The van der Waals surface area contributed by atoms with Gasteiger partial charge in [-0.3, -0.25) is 9.89 Å². The van der Waals surface area contributed by atoms with Crippen molar-refractivity contribution in [3.8, 4) is 22.8 Å². The van der Waals surface area contributed by atoms with Gasteiger partial charge in [-0.2, -0.15) is 5.10 Å². The van der Waals surface area contributed by atoms with Crippen LogP contribution in [0.15, 0.2) is 24.3 Å². The van der Waals surface area contributed by atoms with Crippen LogP contribution in [0.3, 0.4) is 0 Å². The van der Waals surface area contributed by atoms with Crippen LogP contribution in [-0.2, 0) is 0 Å². The molecule has 2 aromatic rings. The Hall–Kier alpha value is -2.54. The molecular formula is C21H29N3O4. The molecule has 0 unspecified atom stereocenters. The van der Waals surface area contributed by atoms with Gasteiger partial charge >= 0.3 is 0 Å². The second kappa shape index (κ2) is 8.22. The number of ether oxygens (including phenoxy) is 2. The first kappa shape index (κ1) is 20.2. The van der Waals surface area contributed by atoms with Gasteiger partial charge < -0.3 is 19.5 Å². The average Bonchev–Trinajstić information content (AvgIpc) is 3.16. The number of aromatic nitrogens is 2. The number of nitrogens with zero attached hydrogens (tertiary/aromatic N) is 2. The van der Waals surface area contributed by atoms with Crippen molar-refractivity contribution in [2.75, 3.05) is 27.3 Å². The summed E-state index contributed by atoms with van der Waals surface area (Å²) >= 11 is 0. The third kappa shape index (κ3) is 4.65. The molecule has 7 heteroatoms. The highest BCUT2D eigenvalue weighted by Crippen LogP contribution is 2.33. The first-order valence-electron chi connectivity index (χ1n) is 9.60. The number of carbonyl (C=O) groups excluding carboxylic acids is 1. The number of likely N-dealkylation sites (tertiary alicyclic amines) is 1. The van der Waals surface area contributed by atoms with Crippen LogP contribution in [0.4, 0.5) is 0 Å². The van der Waals surface area contributed by atoms with Gasteiger partial charge in [0.1, 0.15) is 17.2 Å². The molecule has 1 amide bonds. The first-order chi connectivity index (χ1) is 13.3. The molecule has 1 aliphatic heterocycles. The molecule has 1 aromatic carbocycles. The highest BCUT2D eigenvalue weighted by Gasteiger charge is 2.28. The SMILES string of the molecule is COc1ccc(OC)c(-c2cc(C(=O)N3CCC(CC(C)(C)O)CC3)[nH]n2)c1. The Bertz CT molecular complexity index is 817. The summed E-state index contributed by atoms with van der Waals surface area (Å²) in [6.45, 7) is 5.06. The molecule has 28 heavy (non-hydrogen) atoms. The van der Waals surface area contributed by atoms with Crippen LogP contribution in [0.1, 0.15) is 43.6 Å². The van der Waals surface area contributed by atoms with Crippen molar-refractivity contribution >= 4 is 5.91 Å². The van der Waals surface area contributed by atoms with Gasteiger partial charge in [-0.15, -0.1) is 0 Å². The Morgan fingerprint density at radius 3 is 2.57 bits per heavy atom. The molecule has 7 nitrogen and oxygen atoms in total. The lowest BCUT2D eigenvalue weighted by molar-refractivity contribution is 0.0357. The maximum Gasteiger partial charge on any atom is 0.271 e. The summed E-state index contributed by atoms with van der Waals surface area (Å²) < 4.78 is 10.7. The largest absolute Gasteiger partial charge is 0.497 e. The third-order valence-electron chi connectivity index (χ3n) is 5.18. The zero-order chi connectivity index (χ0) is 20.3. The number of nitrogens with one attached hydrogen (secondary N) is 1. The number of aliphatic hydroxyl groups is 1. The second-order valence-corrected chi connectivity index (χ2v) is 7.99. The van der Waals surface area contributed by atoms with Crippen molar-refractivity contribution in [1.29, 1.82) is 0 Å². The number of aromatic amines is 1. The van der Waals surface area contributed by atoms with Gasteiger partial charge in [0.25, 0.3) is 5.91 Å². The summed E-state index contributed by atoms with van der Waals surface area (Å²) in [6, 6.07) is 7.23. The number of rotatable bonds is 6. The van der Waals surface area contributed by atoms with Crippen LogP contribution in [0.25, 0.3) is 11.3 Å². The van der Waals surface area contributed by atoms with Crippen molar-refractivity contribution in [2.45, 2.75) is 38.7 Å². The molecule has 152 valence electrons. The maximum atomic E-state index is 12.9. The van der Waals surface area contributed by atoms with Crippen LogP contribution >= 0.6 is 0 Å².